The standard InChI is InChI=1S/C13H18FNOS/c1-9-3-4-11(7-12(9)14)13-8-17(16)6-5-10(2)15-13/h3-4,7,10,13,15H,5-6,8H2,1-2H3. The number of benzene rings is 1. The van der Waals surface area contributed by atoms with Gasteiger partial charge in [0.15, 0.2) is 0 Å². The topological polar surface area (TPSA) is 29.1 Å². The number of rotatable bonds is 1. The van der Waals surface area contributed by atoms with E-state index >= 15 is 0 Å². The zero-order valence-corrected chi connectivity index (χ0v) is 11.0. The molecule has 1 heterocycles. The van der Waals surface area contributed by atoms with Crippen LogP contribution in [0.15, 0.2) is 18.2 Å². The van der Waals surface area contributed by atoms with E-state index in [1.807, 2.05) is 6.07 Å². The molecule has 1 N–H and O–H groups in total. The van der Waals surface area contributed by atoms with E-state index in [1.54, 1.807) is 19.1 Å². The monoisotopic (exact) mass is 255 g/mol. The summed E-state index contributed by atoms with van der Waals surface area (Å²) in [5, 5.41) is 3.41. The lowest BCUT2D eigenvalue weighted by Crippen LogP contribution is -2.30. The molecule has 1 aliphatic rings. The van der Waals surface area contributed by atoms with Crippen molar-refractivity contribution in [2.75, 3.05) is 11.5 Å². The molecule has 1 aliphatic heterocycles. The number of aryl methyl sites for hydroxylation is 1. The van der Waals surface area contributed by atoms with Gasteiger partial charge in [0.2, 0.25) is 0 Å². The first kappa shape index (κ1) is 12.7. The van der Waals surface area contributed by atoms with Crippen molar-refractivity contribution in [3.63, 3.8) is 0 Å². The first-order valence-corrected chi connectivity index (χ1v) is 7.42. The van der Waals surface area contributed by atoms with Crippen LogP contribution in [0.5, 0.6) is 0 Å². The minimum atomic E-state index is -0.806. The SMILES string of the molecule is Cc1ccc(C2CS(=O)CCC(C)N2)cc1F. The lowest BCUT2D eigenvalue weighted by atomic mass is 10.0. The van der Waals surface area contributed by atoms with Crippen molar-refractivity contribution in [3.05, 3.63) is 35.1 Å². The second-order valence-electron chi connectivity index (χ2n) is 4.73. The summed E-state index contributed by atoms with van der Waals surface area (Å²) in [6, 6.07) is 5.59. The quantitative estimate of drug-likeness (QED) is 0.834. The average molecular weight is 255 g/mol. The number of hydrogen-bond donors (Lipinski definition) is 1. The van der Waals surface area contributed by atoms with Crippen molar-refractivity contribution in [1.82, 2.24) is 5.32 Å². The Morgan fingerprint density at radius 2 is 2.24 bits per heavy atom. The molecule has 3 atom stereocenters. The zero-order chi connectivity index (χ0) is 12.4. The third kappa shape index (κ3) is 3.13. The van der Waals surface area contributed by atoms with E-state index in [4.69, 9.17) is 0 Å². The smallest absolute Gasteiger partial charge is 0.126 e. The van der Waals surface area contributed by atoms with Crippen LogP contribution in [-0.4, -0.2) is 21.8 Å². The number of halogens is 1. The fourth-order valence-corrected chi connectivity index (χ4v) is 3.51. The molecule has 4 heteroatoms. The summed E-state index contributed by atoms with van der Waals surface area (Å²) in [5.41, 5.74) is 1.55. The first-order valence-electron chi connectivity index (χ1n) is 5.93. The Morgan fingerprint density at radius 1 is 1.47 bits per heavy atom. The first-order chi connectivity index (χ1) is 8.06. The fourth-order valence-electron chi connectivity index (χ4n) is 2.07. The van der Waals surface area contributed by atoms with Gasteiger partial charge < -0.3 is 5.32 Å². The molecule has 2 nitrogen and oxygen atoms in total. The second kappa shape index (κ2) is 5.27. The van der Waals surface area contributed by atoms with Crippen molar-refractivity contribution in [2.45, 2.75) is 32.4 Å². The van der Waals surface area contributed by atoms with Crippen molar-refractivity contribution < 1.29 is 8.60 Å². The fraction of sp³-hybridized carbons (Fsp3) is 0.538. The number of nitrogens with one attached hydrogen (secondary N) is 1. The van der Waals surface area contributed by atoms with Crippen LogP contribution in [0.1, 0.15) is 30.5 Å². The normalized spacial score (nSPS) is 29.9. The molecule has 94 valence electrons. The predicted molar refractivity (Wildman–Crippen MR) is 69.0 cm³/mol. The van der Waals surface area contributed by atoms with Gasteiger partial charge >= 0.3 is 0 Å². The average Bonchev–Trinajstić information content (AvgIpc) is 2.45. The summed E-state index contributed by atoms with van der Waals surface area (Å²) in [4.78, 5) is 0. The van der Waals surface area contributed by atoms with E-state index < -0.39 is 10.8 Å². The van der Waals surface area contributed by atoms with Crippen LogP contribution in [0.4, 0.5) is 4.39 Å². The summed E-state index contributed by atoms with van der Waals surface area (Å²) >= 11 is 0. The highest BCUT2D eigenvalue weighted by Gasteiger charge is 2.22. The lowest BCUT2D eigenvalue weighted by molar-refractivity contribution is 0.482. The molecule has 2 rings (SSSR count). The van der Waals surface area contributed by atoms with Gasteiger partial charge in [-0.05, 0) is 37.5 Å². The Morgan fingerprint density at radius 3 is 2.94 bits per heavy atom. The Balaban J connectivity index is 2.24. The van der Waals surface area contributed by atoms with Crippen LogP contribution < -0.4 is 5.32 Å². The van der Waals surface area contributed by atoms with Gasteiger partial charge in [-0.1, -0.05) is 12.1 Å². The summed E-state index contributed by atoms with van der Waals surface area (Å²) in [7, 11) is -0.806. The number of hydrogen-bond acceptors (Lipinski definition) is 2. The van der Waals surface area contributed by atoms with Crippen LogP contribution in [0.25, 0.3) is 0 Å². The van der Waals surface area contributed by atoms with Crippen molar-refractivity contribution in [2.24, 2.45) is 0 Å². The molecule has 0 aromatic heterocycles. The minimum absolute atomic E-state index is 0.00318. The Bertz CT molecular complexity index is 435. The lowest BCUT2D eigenvalue weighted by Gasteiger charge is -2.19. The van der Waals surface area contributed by atoms with Gasteiger partial charge in [0.25, 0.3) is 0 Å². The van der Waals surface area contributed by atoms with Crippen LogP contribution in [0, 0.1) is 12.7 Å². The highest BCUT2D eigenvalue weighted by molar-refractivity contribution is 7.85. The van der Waals surface area contributed by atoms with Gasteiger partial charge in [-0.3, -0.25) is 4.21 Å². The van der Waals surface area contributed by atoms with Gasteiger partial charge in [0.05, 0.1) is 0 Å². The van der Waals surface area contributed by atoms with E-state index in [0.29, 0.717) is 17.4 Å². The van der Waals surface area contributed by atoms with Gasteiger partial charge in [0, 0.05) is 34.4 Å². The highest BCUT2D eigenvalue weighted by Crippen LogP contribution is 2.21. The molecular weight excluding hydrogens is 237 g/mol. The molecule has 1 fully saturated rings. The third-order valence-electron chi connectivity index (χ3n) is 3.22. The molecule has 0 saturated carbocycles. The maximum Gasteiger partial charge on any atom is 0.126 e. The van der Waals surface area contributed by atoms with Gasteiger partial charge in [-0.25, -0.2) is 4.39 Å². The van der Waals surface area contributed by atoms with E-state index in [0.717, 1.165) is 17.7 Å². The van der Waals surface area contributed by atoms with Crippen LogP contribution in [0.3, 0.4) is 0 Å². The molecule has 3 unspecified atom stereocenters. The van der Waals surface area contributed by atoms with Gasteiger partial charge in [-0.15, -0.1) is 0 Å². The molecule has 0 bridgehead atoms. The molecule has 0 spiro atoms. The zero-order valence-electron chi connectivity index (χ0n) is 10.2. The Hall–Kier alpha value is -0.740. The van der Waals surface area contributed by atoms with E-state index in [9.17, 15) is 8.60 Å². The summed E-state index contributed by atoms with van der Waals surface area (Å²) in [5.74, 6) is 1.12. The molecule has 0 aliphatic carbocycles. The van der Waals surface area contributed by atoms with Crippen LogP contribution in [-0.2, 0) is 10.8 Å². The second-order valence-corrected chi connectivity index (χ2v) is 6.35. The van der Waals surface area contributed by atoms with Crippen LogP contribution in [0.2, 0.25) is 0 Å². The molecular formula is C13H18FNOS. The summed E-state index contributed by atoms with van der Waals surface area (Å²) < 4.78 is 25.3. The van der Waals surface area contributed by atoms with Crippen molar-refractivity contribution in [3.8, 4) is 0 Å². The summed E-state index contributed by atoms with van der Waals surface area (Å²) in [6.45, 7) is 3.83. The van der Waals surface area contributed by atoms with Crippen molar-refractivity contribution in [1.29, 1.82) is 0 Å². The molecule has 17 heavy (non-hydrogen) atoms. The van der Waals surface area contributed by atoms with E-state index in [1.165, 1.54) is 0 Å². The molecule has 1 aromatic rings. The molecule has 1 aromatic carbocycles. The van der Waals surface area contributed by atoms with E-state index in [-0.39, 0.29) is 11.9 Å². The summed E-state index contributed by atoms with van der Waals surface area (Å²) in [6.07, 6.45) is 0.914. The molecule has 0 radical (unpaired) electrons. The van der Waals surface area contributed by atoms with E-state index in [2.05, 4.69) is 12.2 Å². The predicted octanol–water partition coefficient (Wildman–Crippen LogP) is 2.31. The minimum Gasteiger partial charge on any atom is -0.307 e. The van der Waals surface area contributed by atoms with Gasteiger partial charge in [-0.2, -0.15) is 0 Å². The Labute approximate surface area is 104 Å². The van der Waals surface area contributed by atoms with Crippen molar-refractivity contribution >= 4 is 10.8 Å². The molecule has 0 amide bonds. The maximum absolute atomic E-state index is 13.5. The van der Waals surface area contributed by atoms with Crippen LogP contribution >= 0.6 is 0 Å². The maximum atomic E-state index is 13.5. The third-order valence-corrected chi connectivity index (χ3v) is 4.61. The largest absolute Gasteiger partial charge is 0.307 e. The molecule has 1 saturated heterocycles. The highest BCUT2D eigenvalue weighted by atomic mass is 32.2. The van der Waals surface area contributed by atoms with Gasteiger partial charge in [0.1, 0.15) is 5.82 Å². The Kier molecular flexibility index (Phi) is 3.94.